The van der Waals surface area contributed by atoms with Crippen LogP contribution in [-0.4, -0.2) is 20.1 Å². The summed E-state index contributed by atoms with van der Waals surface area (Å²) in [5.41, 5.74) is 0.815. The lowest BCUT2D eigenvalue weighted by molar-refractivity contribution is 0.471. The molecule has 0 amide bonds. The van der Waals surface area contributed by atoms with Crippen molar-refractivity contribution in [3.05, 3.63) is 60.1 Å². The minimum Gasteiger partial charge on any atom is -0.467 e. The van der Waals surface area contributed by atoms with Gasteiger partial charge in [-0.25, -0.2) is 13.1 Å². The molecule has 1 aromatic carbocycles. The van der Waals surface area contributed by atoms with Crippen molar-refractivity contribution in [2.45, 2.75) is 6.04 Å². The van der Waals surface area contributed by atoms with Crippen LogP contribution in [-0.2, 0) is 10.0 Å². The first-order valence-corrected chi connectivity index (χ1v) is 7.95. The Morgan fingerprint density at radius 2 is 1.89 bits per heavy atom. The van der Waals surface area contributed by atoms with Crippen molar-refractivity contribution in [1.82, 2.24) is 4.72 Å². The Morgan fingerprint density at radius 3 is 2.47 bits per heavy atom. The highest BCUT2D eigenvalue weighted by molar-refractivity contribution is 7.89. The van der Waals surface area contributed by atoms with E-state index < -0.39 is 16.1 Å². The van der Waals surface area contributed by atoms with Gasteiger partial charge in [-0.05, 0) is 17.7 Å². The second-order valence-electron chi connectivity index (χ2n) is 3.98. The molecule has 0 spiro atoms. The molecule has 4 nitrogen and oxygen atoms in total. The quantitative estimate of drug-likeness (QED) is 0.834. The molecular weight excluding hydrogens is 286 g/mol. The van der Waals surface area contributed by atoms with Crippen LogP contribution < -0.4 is 4.72 Å². The number of alkyl halides is 1. The van der Waals surface area contributed by atoms with Crippen molar-refractivity contribution in [2.75, 3.05) is 11.6 Å². The Labute approximate surface area is 117 Å². The first kappa shape index (κ1) is 14.1. The summed E-state index contributed by atoms with van der Waals surface area (Å²) in [5, 5.41) is 0. The molecule has 1 N–H and O–H groups in total. The second-order valence-corrected chi connectivity index (χ2v) is 6.24. The molecule has 0 aliphatic rings. The fraction of sp³-hybridized carbons (Fsp3) is 0.231. The lowest BCUT2D eigenvalue weighted by atomic mass is 10.1. The van der Waals surface area contributed by atoms with E-state index in [9.17, 15) is 8.42 Å². The van der Waals surface area contributed by atoms with Crippen LogP contribution in [0.25, 0.3) is 0 Å². The fourth-order valence-corrected chi connectivity index (χ4v) is 3.27. The Morgan fingerprint density at radius 1 is 1.16 bits per heavy atom. The molecule has 6 heteroatoms. The summed E-state index contributed by atoms with van der Waals surface area (Å²) in [4.78, 5) is 0. The van der Waals surface area contributed by atoms with Crippen molar-refractivity contribution < 1.29 is 12.8 Å². The van der Waals surface area contributed by atoms with E-state index in [2.05, 4.69) is 4.72 Å². The molecule has 1 unspecified atom stereocenters. The molecule has 1 atom stereocenters. The zero-order chi connectivity index (χ0) is 13.7. The van der Waals surface area contributed by atoms with Gasteiger partial charge in [-0.2, -0.15) is 0 Å². The van der Waals surface area contributed by atoms with Crippen molar-refractivity contribution in [2.24, 2.45) is 0 Å². The van der Waals surface area contributed by atoms with Crippen LogP contribution in [0.1, 0.15) is 17.4 Å². The summed E-state index contributed by atoms with van der Waals surface area (Å²) in [7, 11) is -3.45. The summed E-state index contributed by atoms with van der Waals surface area (Å²) in [6.07, 6.45) is 1.52. The molecule has 2 rings (SSSR count). The summed E-state index contributed by atoms with van der Waals surface area (Å²) in [6.45, 7) is 0. The number of hydrogen-bond acceptors (Lipinski definition) is 3. The van der Waals surface area contributed by atoms with Gasteiger partial charge in [-0.15, -0.1) is 11.6 Å². The van der Waals surface area contributed by atoms with Gasteiger partial charge in [-0.3, -0.25) is 0 Å². The van der Waals surface area contributed by atoms with E-state index in [-0.39, 0.29) is 11.6 Å². The number of benzene rings is 1. The number of rotatable bonds is 6. The lowest BCUT2D eigenvalue weighted by Crippen LogP contribution is -2.31. The van der Waals surface area contributed by atoms with E-state index in [1.165, 1.54) is 6.26 Å². The Hall–Kier alpha value is -1.30. The smallest absolute Gasteiger partial charge is 0.213 e. The van der Waals surface area contributed by atoms with Crippen molar-refractivity contribution >= 4 is 21.6 Å². The monoisotopic (exact) mass is 299 g/mol. The van der Waals surface area contributed by atoms with Crippen molar-refractivity contribution in [3.8, 4) is 0 Å². The molecule has 0 aliphatic carbocycles. The third-order valence-corrected chi connectivity index (χ3v) is 4.35. The van der Waals surface area contributed by atoms with Gasteiger partial charge in [0.1, 0.15) is 11.8 Å². The molecule has 0 fully saturated rings. The lowest BCUT2D eigenvalue weighted by Gasteiger charge is -2.16. The SMILES string of the molecule is O=S(=O)(CCCl)NC(c1ccccc1)c1ccco1. The third kappa shape index (κ3) is 3.83. The maximum atomic E-state index is 11.9. The highest BCUT2D eigenvalue weighted by Gasteiger charge is 2.22. The average molecular weight is 300 g/mol. The summed E-state index contributed by atoms with van der Waals surface area (Å²) < 4.78 is 31.7. The van der Waals surface area contributed by atoms with Crippen LogP contribution in [0.15, 0.2) is 53.1 Å². The van der Waals surface area contributed by atoms with Crippen molar-refractivity contribution in [3.63, 3.8) is 0 Å². The van der Waals surface area contributed by atoms with Gasteiger partial charge in [0.15, 0.2) is 0 Å². The molecule has 19 heavy (non-hydrogen) atoms. The molecule has 0 radical (unpaired) electrons. The first-order valence-electron chi connectivity index (χ1n) is 5.77. The number of sulfonamides is 1. The predicted molar refractivity (Wildman–Crippen MR) is 74.6 cm³/mol. The van der Waals surface area contributed by atoms with Crippen LogP contribution >= 0.6 is 11.6 Å². The van der Waals surface area contributed by atoms with Gasteiger partial charge < -0.3 is 4.42 Å². The third-order valence-electron chi connectivity index (χ3n) is 2.60. The number of hydrogen-bond donors (Lipinski definition) is 1. The first-order chi connectivity index (χ1) is 9.12. The maximum Gasteiger partial charge on any atom is 0.213 e. The van der Waals surface area contributed by atoms with Gasteiger partial charge in [-0.1, -0.05) is 30.3 Å². The van der Waals surface area contributed by atoms with Crippen LogP contribution in [0.5, 0.6) is 0 Å². The molecule has 0 saturated carbocycles. The fourth-order valence-electron chi connectivity index (χ4n) is 1.73. The molecule has 0 aliphatic heterocycles. The molecule has 1 aromatic heterocycles. The Balaban J connectivity index is 2.32. The largest absolute Gasteiger partial charge is 0.467 e. The molecule has 0 saturated heterocycles. The van der Waals surface area contributed by atoms with Crippen molar-refractivity contribution in [1.29, 1.82) is 0 Å². The van der Waals surface area contributed by atoms with E-state index in [0.717, 1.165) is 5.56 Å². The van der Waals surface area contributed by atoms with Gasteiger partial charge in [0.25, 0.3) is 0 Å². The number of furan rings is 1. The number of halogens is 1. The normalized spacial score (nSPS) is 13.3. The zero-order valence-electron chi connectivity index (χ0n) is 10.1. The molecule has 2 aromatic rings. The Bertz CT molecular complexity index is 596. The van der Waals surface area contributed by atoms with Crippen LogP contribution in [0.4, 0.5) is 0 Å². The summed E-state index contributed by atoms with van der Waals surface area (Å²) >= 11 is 5.50. The molecule has 102 valence electrons. The standard InChI is InChI=1S/C13H14ClNO3S/c14-8-10-19(16,17)15-13(12-7-4-9-18-12)11-5-2-1-3-6-11/h1-7,9,13,15H,8,10H2. The summed E-state index contributed by atoms with van der Waals surface area (Å²) in [6, 6.07) is 12.2. The molecule has 1 heterocycles. The average Bonchev–Trinajstić information content (AvgIpc) is 2.91. The number of nitrogens with one attached hydrogen (secondary N) is 1. The van der Waals surface area contributed by atoms with Gasteiger partial charge in [0, 0.05) is 5.88 Å². The van der Waals surface area contributed by atoms with E-state index in [1.807, 2.05) is 30.3 Å². The second kappa shape index (κ2) is 6.23. The van der Waals surface area contributed by atoms with E-state index in [0.29, 0.717) is 5.76 Å². The molecular formula is C13H14ClNO3S. The van der Waals surface area contributed by atoms with Crippen LogP contribution in [0.3, 0.4) is 0 Å². The van der Waals surface area contributed by atoms with E-state index in [1.54, 1.807) is 12.1 Å². The molecule has 0 bridgehead atoms. The topological polar surface area (TPSA) is 59.3 Å². The predicted octanol–water partition coefficient (Wildman–Crippen LogP) is 2.53. The minimum atomic E-state index is -3.45. The van der Waals surface area contributed by atoms with Gasteiger partial charge in [0.05, 0.1) is 12.0 Å². The van der Waals surface area contributed by atoms with Crippen LogP contribution in [0.2, 0.25) is 0 Å². The van der Waals surface area contributed by atoms with E-state index in [4.69, 9.17) is 16.0 Å². The maximum absolute atomic E-state index is 11.9. The Kier molecular flexibility index (Phi) is 4.63. The minimum absolute atomic E-state index is 0.0506. The van der Waals surface area contributed by atoms with E-state index >= 15 is 0 Å². The highest BCUT2D eigenvalue weighted by atomic mass is 35.5. The zero-order valence-corrected chi connectivity index (χ0v) is 11.7. The van der Waals surface area contributed by atoms with Gasteiger partial charge >= 0.3 is 0 Å². The van der Waals surface area contributed by atoms with Gasteiger partial charge in [0.2, 0.25) is 10.0 Å². The highest BCUT2D eigenvalue weighted by Crippen LogP contribution is 2.23. The van der Waals surface area contributed by atoms with Crippen LogP contribution in [0, 0.1) is 0 Å². The summed E-state index contributed by atoms with van der Waals surface area (Å²) in [5.74, 6) is 0.470.